The lowest BCUT2D eigenvalue weighted by molar-refractivity contribution is -0.0297. The van der Waals surface area contributed by atoms with Crippen molar-refractivity contribution >= 4 is 15.9 Å². The number of halogens is 1. The van der Waals surface area contributed by atoms with E-state index in [1.165, 1.54) is 75.3 Å². The molecule has 0 spiro atoms. The summed E-state index contributed by atoms with van der Waals surface area (Å²) in [5, 5.41) is 44.3. The highest BCUT2D eigenvalue weighted by Crippen LogP contribution is 2.20. The molecule has 2 aromatic rings. The van der Waals surface area contributed by atoms with E-state index in [4.69, 9.17) is 15.9 Å². The van der Waals surface area contributed by atoms with E-state index in [9.17, 15) is 10.2 Å². The van der Waals surface area contributed by atoms with Gasteiger partial charge in [-0.3, -0.25) is 0 Å². The van der Waals surface area contributed by atoms with Crippen LogP contribution < -0.4 is 16.4 Å². The Kier molecular flexibility index (Phi) is 25.9. The normalized spacial score (nSPS) is 28.8. The van der Waals surface area contributed by atoms with Gasteiger partial charge >= 0.3 is 0 Å². The molecule has 5 aliphatic rings. The monoisotopic (exact) mass is 797 g/mol. The third kappa shape index (κ3) is 20.9. The molecular formula is C45H72BrN3O4. The van der Waals surface area contributed by atoms with Crippen molar-refractivity contribution in [3.8, 4) is 0 Å². The van der Waals surface area contributed by atoms with E-state index < -0.39 is 24.4 Å². The third-order valence-corrected chi connectivity index (χ3v) is 10.9. The molecule has 0 radical (unpaired) electrons. The number of aliphatic hydroxyl groups excluding tert-OH is 4. The molecule has 2 fully saturated rings. The SMILES string of the molecule is BrC1C=CCCC1.C.C1=CC(NCc2ccccc2)CCC1.C1=CCCCC1.NC1CCCC(O)C1O.OC1CCCC(NCc2ccccc2)C1O. The first-order valence-electron chi connectivity index (χ1n) is 20.0. The first-order chi connectivity index (χ1) is 25.3. The molecule has 8 unspecified atom stereocenters. The van der Waals surface area contributed by atoms with Crippen molar-refractivity contribution in [1.82, 2.24) is 10.6 Å². The lowest BCUT2D eigenvalue weighted by atomic mass is 9.90. The number of hydrogen-bond donors (Lipinski definition) is 7. The highest BCUT2D eigenvalue weighted by atomic mass is 79.9. The van der Waals surface area contributed by atoms with Crippen LogP contribution in [0.4, 0.5) is 0 Å². The molecule has 0 aliphatic heterocycles. The Hall–Kier alpha value is -2.14. The van der Waals surface area contributed by atoms with Gasteiger partial charge in [-0.05, 0) is 114 Å². The summed E-state index contributed by atoms with van der Waals surface area (Å²) in [5.74, 6) is 0. The van der Waals surface area contributed by atoms with Crippen molar-refractivity contribution in [2.75, 3.05) is 0 Å². The Bertz CT molecular complexity index is 1230. The average Bonchev–Trinajstić information content (AvgIpc) is 3.20. The van der Waals surface area contributed by atoms with Gasteiger partial charge in [0.2, 0.25) is 0 Å². The van der Waals surface area contributed by atoms with Crippen molar-refractivity contribution in [3.05, 3.63) is 108 Å². The van der Waals surface area contributed by atoms with Gasteiger partial charge in [-0.1, -0.05) is 120 Å². The zero-order valence-electron chi connectivity index (χ0n) is 31.3. The van der Waals surface area contributed by atoms with Crippen LogP contribution in [0.15, 0.2) is 97.1 Å². The Morgan fingerprint density at radius 3 is 1.49 bits per heavy atom. The molecule has 8 N–H and O–H groups in total. The van der Waals surface area contributed by atoms with Crippen molar-refractivity contribution < 1.29 is 20.4 Å². The van der Waals surface area contributed by atoms with E-state index >= 15 is 0 Å². The van der Waals surface area contributed by atoms with Crippen molar-refractivity contribution in [1.29, 1.82) is 0 Å². The van der Waals surface area contributed by atoms with Crippen LogP contribution in [-0.2, 0) is 13.1 Å². The summed E-state index contributed by atoms with van der Waals surface area (Å²) in [7, 11) is 0. The first-order valence-corrected chi connectivity index (χ1v) is 20.9. The molecule has 0 bridgehead atoms. The number of nitrogens with one attached hydrogen (secondary N) is 2. The van der Waals surface area contributed by atoms with Crippen LogP contribution in [0.5, 0.6) is 0 Å². The minimum absolute atomic E-state index is 0. The van der Waals surface area contributed by atoms with Crippen LogP contribution in [0.25, 0.3) is 0 Å². The molecule has 298 valence electrons. The Balaban J connectivity index is 0.000000239. The third-order valence-electron chi connectivity index (χ3n) is 10.1. The van der Waals surface area contributed by atoms with E-state index in [0.29, 0.717) is 23.7 Å². The summed E-state index contributed by atoms with van der Waals surface area (Å²) < 4.78 is 0. The molecule has 53 heavy (non-hydrogen) atoms. The average molecular weight is 799 g/mol. The predicted octanol–water partition coefficient (Wildman–Crippen LogP) is 8.40. The Labute approximate surface area is 330 Å². The molecule has 2 aromatic carbocycles. The molecule has 8 atom stereocenters. The van der Waals surface area contributed by atoms with Crippen molar-refractivity contribution in [2.45, 2.75) is 171 Å². The summed E-state index contributed by atoms with van der Waals surface area (Å²) in [6, 6.07) is 21.1. The fourth-order valence-electron chi connectivity index (χ4n) is 6.77. The van der Waals surface area contributed by atoms with Gasteiger partial charge in [0.05, 0.1) is 24.4 Å². The smallest absolute Gasteiger partial charge is 0.0951 e. The second kappa shape index (κ2) is 29.2. The highest BCUT2D eigenvalue weighted by Gasteiger charge is 2.30. The maximum atomic E-state index is 9.80. The summed E-state index contributed by atoms with van der Waals surface area (Å²) in [6.07, 6.45) is 29.4. The first kappa shape index (κ1) is 47.0. The number of nitrogens with two attached hydrogens (primary N) is 1. The Morgan fingerprint density at radius 1 is 0.547 bits per heavy atom. The summed E-state index contributed by atoms with van der Waals surface area (Å²) in [4.78, 5) is 0.668. The largest absolute Gasteiger partial charge is 0.390 e. The van der Waals surface area contributed by atoms with Gasteiger partial charge in [-0.15, -0.1) is 0 Å². The predicted molar refractivity (Wildman–Crippen MR) is 227 cm³/mol. The maximum Gasteiger partial charge on any atom is 0.0951 e. The lowest BCUT2D eigenvalue weighted by Gasteiger charge is -2.32. The van der Waals surface area contributed by atoms with Crippen LogP contribution in [0, 0.1) is 0 Å². The molecular weight excluding hydrogens is 726 g/mol. The van der Waals surface area contributed by atoms with Crippen LogP contribution >= 0.6 is 15.9 Å². The summed E-state index contributed by atoms with van der Waals surface area (Å²) in [5.41, 5.74) is 8.03. The van der Waals surface area contributed by atoms with Crippen LogP contribution in [0.2, 0.25) is 0 Å². The second-order valence-electron chi connectivity index (χ2n) is 14.6. The number of benzene rings is 2. The molecule has 8 heteroatoms. The molecule has 0 amide bonds. The summed E-state index contributed by atoms with van der Waals surface area (Å²) in [6.45, 7) is 1.73. The molecule has 0 aromatic heterocycles. The molecule has 7 rings (SSSR count). The molecule has 7 nitrogen and oxygen atoms in total. The molecule has 5 aliphatic carbocycles. The van der Waals surface area contributed by atoms with Gasteiger partial charge in [-0.2, -0.15) is 0 Å². The standard InChI is InChI=1S/C13H19NO2.C13H17N.C6H9Br.C6H13NO2.C6H10.CH4/c15-12-8-4-7-11(13(12)16)14-9-10-5-2-1-3-6-10;1-3-7-12(8-4-1)11-14-13-9-5-2-6-10-13;7-6-4-2-1-3-5-6;7-4-2-1-3-5(8)6(4)9;1-2-4-6-5-3-1;/h1-3,5-6,11-16H,4,7-9H2;1,3-5,7-9,13-14H,2,6,10-11H2;2,4,6H,1,3,5H2;4-6,8-9H,1-3,7H2;1-2H,3-6H2;1H4. The van der Waals surface area contributed by atoms with Gasteiger partial charge in [0.25, 0.3) is 0 Å². The van der Waals surface area contributed by atoms with E-state index in [1.807, 2.05) is 18.2 Å². The minimum atomic E-state index is -0.696. The number of allylic oxidation sites excluding steroid dienone is 5. The van der Waals surface area contributed by atoms with E-state index in [-0.39, 0.29) is 19.5 Å². The van der Waals surface area contributed by atoms with Crippen LogP contribution in [0.3, 0.4) is 0 Å². The van der Waals surface area contributed by atoms with Gasteiger partial charge in [-0.25, -0.2) is 0 Å². The fraction of sp³-hybridized carbons (Fsp3) is 0.600. The highest BCUT2D eigenvalue weighted by molar-refractivity contribution is 9.09. The lowest BCUT2D eigenvalue weighted by Crippen LogP contribution is -2.48. The van der Waals surface area contributed by atoms with E-state index in [0.717, 1.165) is 38.8 Å². The quantitative estimate of drug-likeness (QED) is 0.116. The van der Waals surface area contributed by atoms with Crippen molar-refractivity contribution in [3.63, 3.8) is 0 Å². The number of alkyl halides is 1. The molecule has 0 saturated heterocycles. The Morgan fingerprint density at radius 2 is 1.06 bits per heavy atom. The minimum Gasteiger partial charge on any atom is -0.390 e. The van der Waals surface area contributed by atoms with Gasteiger partial charge in [0.1, 0.15) is 0 Å². The number of rotatable bonds is 6. The molecule has 0 heterocycles. The topological polar surface area (TPSA) is 131 Å². The van der Waals surface area contributed by atoms with Gasteiger partial charge < -0.3 is 36.8 Å². The zero-order valence-corrected chi connectivity index (χ0v) is 32.9. The number of hydrogen-bond acceptors (Lipinski definition) is 7. The fourth-order valence-corrected chi connectivity index (χ4v) is 7.31. The number of aliphatic hydroxyl groups is 4. The van der Waals surface area contributed by atoms with E-state index in [1.54, 1.807) is 0 Å². The van der Waals surface area contributed by atoms with Crippen LogP contribution in [-0.4, -0.2) is 67.8 Å². The van der Waals surface area contributed by atoms with E-state index in [2.05, 4.69) is 105 Å². The second-order valence-corrected chi connectivity index (χ2v) is 15.8. The van der Waals surface area contributed by atoms with Gasteiger partial charge in [0.15, 0.2) is 0 Å². The van der Waals surface area contributed by atoms with Gasteiger partial charge in [0, 0.05) is 36.0 Å². The van der Waals surface area contributed by atoms with Crippen LogP contribution in [0.1, 0.15) is 121 Å². The maximum absolute atomic E-state index is 9.80. The zero-order chi connectivity index (χ0) is 37.2. The summed E-state index contributed by atoms with van der Waals surface area (Å²) >= 11 is 3.50. The molecule has 2 saturated carbocycles. The van der Waals surface area contributed by atoms with Crippen molar-refractivity contribution in [2.24, 2.45) is 5.73 Å².